The molecule has 2 aromatic heterocycles. The monoisotopic (exact) mass is 224 g/mol. The highest BCUT2D eigenvalue weighted by molar-refractivity contribution is 5.92. The lowest BCUT2D eigenvalue weighted by atomic mass is 10.0. The second-order valence-electron chi connectivity index (χ2n) is 4.10. The third kappa shape index (κ3) is 1.56. The van der Waals surface area contributed by atoms with Crippen molar-refractivity contribution >= 4 is 11.0 Å². The molecule has 0 aliphatic carbocycles. The number of aromatic hydroxyl groups is 1. The van der Waals surface area contributed by atoms with Gasteiger partial charge in [0.15, 0.2) is 0 Å². The number of phenols is 1. The Balaban J connectivity index is 2.26. The summed E-state index contributed by atoms with van der Waals surface area (Å²) in [6.45, 7) is 1.90. The van der Waals surface area contributed by atoms with Crippen molar-refractivity contribution in [3.05, 3.63) is 48.3 Å². The van der Waals surface area contributed by atoms with Crippen molar-refractivity contribution in [2.75, 3.05) is 0 Å². The number of rotatable bonds is 1. The quantitative estimate of drug-likeness (QED) is 0.666. The van der Waals surface area contributed by atoms with E-state index in [1.165, 1.54) is 0 Å². The van der Waals surface area contributed by atoms with Gasteiger partial charge in [-0.2, -0.15) is 0 Å². The number of hydrogen-bond acceptors (Lipinski definition) is 2. The fourth-order valence-corrected chi connectivity index (χ4v) is 2.04. The smallest absolute Gasteiger partial charge is 0.137 e. The second kappa shape index (κ2) is 3.63. The molecule has 2 heterocycles. The number of H-pyrrole nitrogens is 1. The van der Waals surface area contributed by atoms with Crippen LogP contribution in [0.5, 0.6) is 5.75 Å². The summed E-state index contributed by atoms with van der Waals surface area (Å²) in [5, 5.41) is 10.6. The summed E-state index contributed by atoms with van der Waals surface area (Å²) in [7, 11) is 0. The van der Waals surface area contributed by atoms with Crippen LogP contribution in [0.2, 0.25) is 0 Å². The average molecular weight is 224 g/mol. The molecule has 3 aromatic rings. The number of aryl methyl sites for hydroxylation is 1. The number of pyridine rings is 1. The summed E-state index contributed by atoms with van der Waals surface area (Å²) in [6.07, 6.45) is 3.67. The SMILES string of the molecule is Cc1cc(-c2ccnc3[nH]ccc23)ccc1O. The van der Waals surface area contributed by atoms with Crippen LogP contribution in [-0.4, -0.2) is 15.1 Å². The van der Waals surface area contributed by atoms with Crippen LogP contribution in [0, 0.1) is 6.92 Å². The van der Waals surface area contributed by atoms with E-state index in [1.807, 2.05) is 37.4 Å². The number of aromatic amines is 1. The molecule has 0 saturated heterocycles. The van der Waals surface area contributed by atoms with E-state index >= 15 is 0 Å². The van der Waals surface area contributed by atoms with Crippen LogP contribution in [0.25, 0.3) is 22.2 Å². The Hall–Kier alpha value is -2.29. The van der Waals surface area contributed by atoms with Crippen molar-refractivity contribution in [1.29, 1.82) is 0 Å². The summed E-state index contributed by atoms with van der Waals surface area (Å²) < 4.78 is 0. The summed E-state index contributed by atoms with van der Waals surface area (Å²) in [5.41, 5.74) is 3.97. The van der Waals surface area contributed by atoms with Crippen molar-refractivity contribution in [3.8, 4) is 16.9 Å². The van der Waals surface area contributed by atoms with E-state index < -0.39 is 0 Å². The highest BCUT2D eigenvalue weighted by atomic mass is 16.3. The molecule has 1 aromatic carbocycles. The van der Waals surface area contributed by atoms with E-state index in [9.17, 15) is 5.11 Å². The molecule has 0 amide bonds. The number of fused-ring (bicyclic) bond motifs is 1. The number of aromatic nitrogens is 2. The van der Waals surface area contributed by atoms with E-state index in [1.54, 1.807) is 12.3 Å². The van der Waals surface area contributed by atoms with Gasteiger partial charge in [0.05, 0.1) is 0 Å². The molecule has 0 bridgehead atoms. The highest BCUT2D eigenvalue weighted by Gasteiger charge is 2.06. The van der Waals surface area contributed by atoms with E-state index in [-0.39, 0.29) is 0 Å². The summed E-state index contributed by atoms with van der Waals surface area (Å²) >= 11 is 0. The molecule has 3 heteroatoms. The second-order valence-corrected chi connectivity index (χ2v) is 4.10. The summed E-state index contributed by atoms with van der Waals surface area (Å²) in [6, 6.07) is 9.63. The lowest BCUT2D eigenvalue weighted by Crippen LogP contribution is -1.83. The van der Waals surface area contributed by atoms with Gasteiger partial charge in [0.1, 0.15) is 11.4 Å². The maximum atomic E-state index is 9.55. The Labute approximate surface area is 98.8 Å². The third-order valence-corrected chi connectivity index (χ3v) is 2.97. The van der Waals surface area contributed by atoms with Gasteiger partial charge in [0.2, 0.25) is 0 Å². The van der Waals surface area contributed by atoms with Gasteiger partial charge in [0.25, 0.3) is 0 Å². The van der Waals surface area contributed by atoms with E-state index in [2.05, 4.69) is 9.97 Å². The fraction of sp³-hybridized carbons (Fsp3) is 0.0714. The highest BCUT2D eigenvalue weighted by Crippen LogP contribution is 2.29. The third-order valence-electron chi connectivity index (χ3n) is 2.97. The average Bonchev–Trinajstić information content (AvgIpc) is 2.80. The molecule has 3 nitrogen and oxygen atoms in total. The number of phenolic OH excluding ortho intramolecular Hbond substituents is 1. The van der Waals surface area contributed by atoms with Gasteiger partial charge in [-0.1, -0.05) is 6.07 Å². The molecule has 0 spiro atoms. The summed E-state index contributed by atoms with van der Waals surface area (Å²) in [4.78, 5) is 7.36. The van der Waals surface area contributed by atoms with Gasteiger partial charge >= 0.3 is 0 Å². The first-order chi connectivity index (χ1) is 8.25. The standard InChI is InChI=1S/C14H12N2O/c1-9-8-10(2-3-13(9)17)11-4-6-15-14-12(11)5-7-16-14/h2-8,17H,1H3,(H,15,16). The Kier molecular flexibility index (Phi) is 2.11. The van der Waals surface area contributed by atoms with Crippen LogP contribution >= 0.6 is 0 Å². The van der Waals surface area contributed by atoms with Crippen LogP contribution in [0.4, 0.5) is 0 Å². The van der Waals surface area contributed by atoms with E-state index in [4.69, 9.17) is 0 Å². The molecule has 0 radical (unpaired) electrons. The minimum Gasteiger partial charge on any atom is -0.508 e. The van der Waals surface area contributed by atoms with Crippen molar-refractivity contribution in [2.45, 2.75) is 6.92 Å². The maximum Gasteiger partial charge on any atom is 0.137 e. The summed E-state index contributed by atoms with van der Waals surface area (Å²) in [5.74, 6) is 0.327. The predicted molar refractivity (Wildman–Crippen MR) is 67.9 cm³/mol. The Morgan fingerprint density at radius 1 is 1.18 bits per heavy atom. The molecule has 84 valence electrons. The molecule has 0 unspecified atom stereocenters. The molecular formula is C14H12N2O. The van der Waals surface area contributed by atoms with Crippen LogP contribution in [-0.2, 0) is 0 Å². The fourth-order valence-electron chi connectivity index (χ4n) is 2.04. The minimum atomic E-state index is 0.327. The van der Waals surface area contributed by atoms with Crippen LogP contribution in [0.3, 0.4) is 0 Å². The van der Waals surface area contributed by atoms with Gasteiger partial charge in [-0.25, -0.2) is 4.98 Å². The van der Waals surface area contributed by atoms with Crippen molar-refractivity contribution < 1.29 is 5.11 Å². The van der Waals surface area contributed by atoms with Gasteiger partial charge in [0, 0.05) is 17.8 Å². The number of nitrogens with one attached hydrogen (secondary N) is 1. The number of benzene rings is 1. The zero-order valence-electron chi connectivity index (χ0n) is 9.44. The van der Waals surface area contributed by atoms with Gasteiger partial charge in [-0.3, -0.25) is 0 Å². The zero-order chi connectivity index (χ0) is 11.8. The Bertz CT molecular complexity index is 686. The molecule has 2 N–H and O–H groups in total. The van der Waals surface area contributed by atoms with Crippen LogP contribution in [0.15, 0.2) is 42.7 Å². The van der Waals surface area contributed by atoms with Crippen molar-refractivity contribution in [3.63, 3.8) is 0 Å². The molecule has 0 saturated carbocycles. The normalized spacial score (nSPS) is 10.9. The van der Waals surface area contributed by atoms with E-state index in [0.29, 0.717) is 5.75 Å². The molecule has 0 aliphatic rings. The van der Waals surface area contributed by atoms with Crippen LogP contribution < -0.4 is 0 Å². The lowest BCUT2D eigenvalue weighted by Gasteiger charge is -2.05. The first-order valence-corrected chi connectivity index (χ1v) is 5.48. The Morgan fingerprint density at radius 2 is 2.06 bits per heavy atom. The van der Waals surface area contributed by atoms with E-state index in [0.717, 1.165) is 27.7 Å². The molecule has 17 heavy (non-hydrogen) atoms. The number of hydrogen-bond donors (Lipinski definition) is 2. The van der Waals surface area contributed by atoms with Gasteiger partial charge in [-0.05, 0) is 47.9 Å². The van der Waals surface area contributed by atoms with Gasteiger partial charge in [-0.15, -0.1) is 0 Å². The lowest BCUT2D eigenvalue weighted by molar-refractivity contribution is 0.471. The Morgan fingerprint density at radius 3 is 2.88 bits per heavy atom. The molecular weight excluding hydrogens is 212 g/mol. The predicted octanol–water partition coefficient (Wildman–Crippen LogP) is 3.24. The first-order valence-electron chi connectivity index (χ1n) is 5.48. The first kappa shape index (κ1) is 9.90. The largest absolute Gasteiger partial charge is 0.508 e. The zero-order valence-corrected chi connectivity index (χ0v) is 9.44. The van der Waals surface area contributed by atoms with Gasteiger partial charge < -0.3 is 10.1 Å². The maximum absolute atomic E-state index is 9.55. The van der Waals surface area contributed by atoms with Crippen molar-refractivity contribution in [2.24, 2.45) is 0 Å². The molecule has 3 rings (SSSR count). The van der Waals surface area contributed by atoms with Crippen molar-refractivity contribution in [1.82, 2.24) is 9.97 Å². The molecule has 0 fully saturated rings. The number of nitrogens with zero attached hydrogens (tertiary/aromatic N) is 1. The molecule has 0 atom stereocenters. The minimum absolute atomic E-state index is 0.327. The molecule has 0 aliphatic heterocycles. The topological polar surface area (TPSA) is 48.9 Å². The van der Waals surface area contributed by atoms with Crippen LogP contribution in [0.1, 0.15) is 5.56 Å².